The van der Waals surface area contributed by atoms with Crippen molar-refractivity contribution in [3.63, 3.8) is 0 Å². The van der Waals surface area contributed by atoms with Crippen molar-refractivity contribution < 1.29 is 9.59 Å². The van der Waals surface area contributed by atoms with Crippen molar-refractivity contribution in [2.24, 2.45) is 0 Å². The minimum Gasteiger partial charge on any atom is -0.366 e. The van der Waals surface area contributed by atoms with Crippen LogP contribution in [0.5, 0.6) is 0 Å². The second kappa shape index (κ2) is 9.82. The molecule has 0 bridgehead atoms. The van der Waals surface area contributed by atoms with Crippen molar-refractivity contribution in [3.05, 3.63) is 92.9 Å². The van der Waals surface area contributed by atoms with Crippen LogP contribution in [-0.4, -0.2) is 42.9 Å². The molecule has 3 aromatic carbocycles. The SMILES string of the molecule is O=C(Nc1cc(Cl)ccc1N1CCN(C(=O)c2ccc(Cl)cc2)CC1)c1ccc(Cl)cc1. The molecule has 0 aromatic heterocycles. The lowest BCUT2D eigenvalue weighted by molar-refractivity contribution is 0.0746. The Bertz CT molecular complexity index is 1130. The zero-order chi connectivity index (χ0) is 22.7. The Kier molecular flexibility index (Phi) is 6.89. The molecule has 1 N–H and O–H groups in total. The van der Waals surface area contributed by atoms with Crippen LogP contribution in [0, 0.1) is 0 Å². The molecule has 1 heterocycles. The van der Waals surface area contributed by atoms with Gasteiger partial charge >= 0.3 is 0 Å². The molecule has 0 radical (unpaired) electrons. The highest BCUT2D eigenvalue weighted by molar-refractivity contribution is 6.31. The summed E-state index contributed by atoms with van der Waals surface area (Å²) in [6.07, 6.45) is 0. The summed E-state index contributed by atoms with van der Waals surface area (Å²) in [6, 6.07) is 19.0. The summed E-state index contributed by atoms with van der Waals surface area (Å²) in [5.74, 6) is -0.268. The summed E-state index contributed by atoms with van der Waals surface area (Å²) in [6.45, 7) is 2.39. The Balaban J connectivity index is 1.46. The number of halogens is 3. The summed E-state index contributed by atoms with van der Waals surface area (Å²) in [5, 5.41) is 4.64. The molecule has 0 unspecified atom stereocenters. The van der Waals surface area contributed by atoms with Gasteiger partial charge in [-0.15, -0.1) is 0 Å². The second-order valence-corrected chi connectivity index (χ2v) is 8.72. The Hall–Kier alpha value is -2.73. The van der Waals surface area contributed by atoms with E-state index in [-0.39, 0.29) is 11.8 Å². The van der Waals surface area contributed by atoms with Gasteiger partial charge in [0.05, 0.1) is 11.4 Å². The van der Waals surface area contributed by atoms with Gasteiger partial charge in [0, 0.05) is 52.4 Å². The van der Waals surface area contributed by atoms with Crippen molar-refractivity contribution in [1.82, 2.24) is 4.90 Å². The van der Waals surface area contributed by atoms with Crippen LogP contribution in [0.2, 0.25) is 15.1 Å². The molecule has 3 aromatic rings. The molecule has 2 amide bonds. The second-order valence-electron chi connectivity index (χ2n) is 7.41. The molecule has 0 aliphatic carbocycles. The number of piperazine rings is 1. The third kappa shape index (κ3) is 5.18. The van der Waals surface area contributed by atoms with Gasteiger partial charge in [0.25, 0.3) is 11.8 Å². The number of carbonyl (C=O) groups is 2. The van der Waals surface area contributed by atoms with Gasteiger partial charge in [0.1, 0.15) is 0 Å². The minimum atomic E-state index is -0.248. The molecule has 0 saturated carbocycles. The fraction of sp³-hybridized carbons (Fsp3) is 0.167. The lowest BCUT2D eigenvalue weighted by Gasteiger charge is -2.37. The largest absolute Gasteiger partial charge is 0.366 e. The van der Waals surface area contributed by atoms with Crippen LogP contribution >= 0.6 is 34.8 Å². The van der Waals surface area contributed by atoms with E-state index in [1.54, 1.807) is 60.7 Å². The number of hydrogen-bond acceptors (Lipinski definition) is 3. The van der Waals surface area contributed by atoms with Crippen LogP contribution in [0.25, 0.3) is 0 Å². The number of rotatable bonds is 4. The molecule has 1 fully saturated rings. The molecule has 32 heavy (non-hydrogen) atoms. The van der Waals surface area contributed by atoms with Gasteiger partial charge < -0.3 is 15.1 Å². The Morgan fingerprint density at radius 2 is 1.22 bits per heavy atom. The molecule has 8 heteroatoms. The van der Waals surface area contributed by atoms with E-state index in [1.165, 1.54) is 0 Å². The number of hydrogen-bond donors (Lipinski definition) is 1. The van der Waals surface area contributed by atoms with Gasteiger partial charge in [-0.1, -0.05) is 34.8 Å². The lowest BCUT2D eigenvalue weighted by Crippen LogP contribution is -2.49. The van der Waals surface area contributed by atoms with E-state index in [9.17, 15) is 9.59 Å². The van der Waals surface area contributed by atoms with Gasteiger partial charge in [0.15, 0.2) is 0 Å². The summed E-state index contributed by atoms with van der Waals surface area (Å²) in [7, 11) is 0. The normalized spacial score (nSPS) is 13.7. The highest BCUT2D eigenvalue weighted by atomic mass is 35.5. The predicted molar refractivity (Wildman–Crippen MR) is 130 cm³/mol. The first-order chi connectivity index (χ1) is 15.4. The topological polar surface area (TPSA) is 52.7 Å². The molecule has 1 saturated heterocycles. The number of nitrogens with one attached hydrogen (secondary N) is 1. The van der Waals surface area contributed by atoms with Crippen molar-refractivity contribution in [2.45, 2.75) is 0 Å². The number of carbonyl (C=O) groups excluding carboxylic acids is 2. The van der Waals surface area contributed by atoms with Gasteiger partial charge in [-0.3, -0.25) is 9.59 Å². The van der Waals surface area contributed by atoms with Crippen molar-refractivity contribution in [1.29, 1.82) is 0 Å². The fourth-order valence-electron chi connectivity index (χ4n) is 3.61. The standard InChI is InChI=1S/C24H20Cl3N3O2/c25-18-5-1-16(2-6-18)23(31)28-21-15-20(27)9-10-22(21)29-11-13-30(14-12-29)24(32)17-3-7-19(26)8-4-17/h1-10,15H,11-14H2,(H,28,31). The maximum Gasteiger partial charge on any atom is 0.255 e. The third-order valence-electron chi connectivity index (χ3n) is 5.31. The zero-order valence-electron chi connectivity index (χ0n) is 17.0. The van der Waals surface area contributed by atoms with Crippen LogP contribution < -0.4 is 10.2 Å². The number of anilines is 2. The average molecular weight is 489 g/mol. The highest BCUT2D eigenvalue weighted by Gasteiger charge is 2.24. The van der Waals surface area contributed by atoms with E-state index in [1.807, 2.05) is 11.0 Å². The molecular formula is C24H20Cl3N3O2. The Morgan fingerprint density at radius 1 is 0.688 bits per heavy atom. The zero-order valence-corrected chi connectivity index (χ0v) is 19.3. The van der Waals surface area contributed by atoms with E-state index >= 15 is 0 Å². The van der Waals surface area contributed by atoms with E-state index in [0.717, 1.165) is 5.69 Å². The van der Waals surface area contributed by atoms with Crippen molar-refractivity contribution in [2.75, 3.05) is 36.4 Å². The lowest BCUT2D eigenvalue weighted by atomic mass is 10.1. The molecule has 5 nitrogen and oxygen atoms in total. The monoisotopic (exact) mass is 487 g/mol. The van der Waals surface area contributed by atoms with Crippen LogP contribution in [0.1, 0.15) is 20.7 Å². The first-order valence-corrected chi connectivity index (χ1v) is 11.2. The maximum atomic E-state index is 12.8. The first-order valence-electron chi connectivity index (χ1n) is 10.1. The predicted octanol–water partition coefficient (Wildman–Crippen LogP) is 5.86. The first kappa shape index (κ1) is 22.5. The van der Waals surface area contributed by atoms with Crippen LogP contribution in [-0.2, 0) is 0 Å². The molecule has 164 valence electrons. The molecule has 1 aliphatic heterocycles. The van der Waals surface area contributed by atoms with E-state index < -0.39 is 0 Å². The van der Waals surface area contributed by atoms with E-state index in [4.69, 9.17) is 34.8 Å². The number of nitrogens with zero attached hydrogens (tertiary/aromatic N) is 2. The van der Waals surface area contributed by atoms with Gasteiger partial charge in [0.2, 0.25) is 0 Å². The third-order valence-corrected chi connectivity index (χ3v) is 6.05. The summed E-state index contributed by atoms with van der Waals surface area (Å²) < 4.78 is 0. The fourth-order valence-corrected chi connectivity index (χ4v) is 4.03. The number of benzene rings is 3. The van der Waals surface area contributed by atoms with Gasteiger partial charge in [-0.05, 0) is 66.7 Å². The molecule has 4 rings (SSSR count). The molecular weight excluding hydrogens is 469 g/mol. The Labute approximate surface area is 201 Å². The molecule has 1 aliphatic rings. The van der Waals surface area contributed by atoms with Crippen molar-refractivity contribution >= 4 is 58.0 Å². The minimum absolute atomic E-state index is 0.0197. The number of amides is 2. The molecule has 0 spiro atoms. The maximum absolute atomic E-state index is 12.8. The van der Waals surface area contributed by atoms with Crippen LogP contribution in [0.3, 0.4) is 0 Å². The summed E-state index contributed by atoms with van der Waals surface area (Å²) >= 11 is 18.0. The highest BCUT2D eigenvalue weighted by Crippen LogP contribution is 2.31. The summed E-state index contributed by atoms with van der Waals surface area (Å²) in [4.78, 5) is 29.4. The van der Waals surface area contributed by atoms with E-state index in [2.05, 4.69) is 10.2 Å². The van der Waals surface area contributed by atoms with Crippen molar-refractivity contribution in [3.8, 4) is 0 Å². The average Bonchev–Trinajstić information content (AvgIpc) is 2.80. The Morgan fingerprint density at radius 3 is 1.81 bits per heavy atom. The summed E-state index contributed by atoms with van der Waals surface area (Å²) in [5.41, 5.74) is 2.59. The van der Waals surface area contributed by atoms with Crippen LogP contribution in [0.4, 0.5) is 11.4 Å². The smallest absolute Gasteiger partial charge is 0.255 e. The molecule has 0 atom stereocenters. The van der Waals surface area contributed by atoms with E-state index in [0.29, 0.717) is 58.1 Å². The quantitative estimate of drug-likeness (QED) is 0.500. The van der Waals surface area contributed by atoms with Gasteiger partial charge in [-0.2, -0.15) is 0 Å². The van der Waals surface area contributed by atoms with Gasteiger partial charge in [-0.25, -0.2) is 0 Å². The van der Waals surface area contributed by atoms with Crippen LogP contribution in [0.15, 0.2) is 66.7 Å².